The number of aromatic nitrogens is 2. The zero-order valence-electron chi connectivity index (χ0n) is 23.6. The molecular weight excluding hydrogens is 540 g/mol. The highest BCUT2D eigenvalue weighted by molar-refractivity contribution is 6.32. The van der Waals surface area contributed by atoms with Gasteiger partial charge in [-0.3, -0.25) is 5.10 Å². The highest BCUT2D eigenvalue weighted by Crippen LogP contribution is 2.42. The average molecular weight is 575 g/mol. The van der Waals surface area contributed by atoms with Crippen LogP contribution in [0.5, 0.6) is 11.5 Å². The molecule has 0 bridgehead atoms. The lowest BCUT2D eigenvalue weighted by atomic mass is 10.1. The molecule has 1 aliphatic rings. The molecule has 41 heavy (non-hydrogen) atoms. The number of carbonyl (C=O) groups is 1. The number of amides is 1. The van der Waals surface area contributed by atoms with Crippen molar-refractivity contribution in [2.45, 2.75) is 39.6 Å². The minimum Gasteiger partial charge on any atom is -0.488 e. The van der Waals surface area contributed by atoms with Crippen molar-refractivity contribution >= 4 is 23.4 Å². The minimum atomic E-state index is -0.529. The molecule has 2 heterocycles. The molecule has 1 N–H and O–H groups in total. The molecule has 1 saturated heterocycles. The molecule has 0 spiro atoms. The Morgan fingerprint density at radius 2 is 1.46 bits per heavy atom. The van der Waals surface area contributed by atoms with Crippen molar-refractivity contribution in [1.82, 2.24) is 15.1 Å². The summed E-state index contributed by atoms with van der Waals surface area (Å²) in [6, 6.07) is 23.6. The van der Waals surface area contributed by atoms with Crippen LogP contribution < -0.4 is 14.4 Å². The van der Waals surface area contributed by atoms with Crippen molar-refractivity contribution in [3.63, 3.8) is 0 Å². The fourth-order valence-electron chi connectivity index (χ4n) is 4.60. The Hall–Kier alpha value is -4.17. The zero-order chi connectivity index (χ0) is 28.8. The Morgan fingerprint density at radius 1 is 0.878 bits per heavy atom. The third-order valence-electron chi connectivity index (χ3n) is 6.67. The molecule has 0 atom stereocenters. The summed E-state index contributed by atoms with van der Waals surface area (Å²) in [5, 5.41) is 7.98. The first-order chi connectivity index (χ1) is 19.8. The van der Waals surface area contributed by atoms with E-state index in [1.165, 1.54) is 0 Å². The maximum Gasteiger partial charge on any atom is 0.410 e. The summed E-state index contributed by atoms with van der Waals surface area (Å²) in [6.45, 7) is 8.75. The summed E-state index contributed by atoms with van der Waals surface area (Å²) in [5.74, 6) is 1.16. The first kappa shape index (κ1) is 28.4. The van der Waals surface area contributed by atoms with E-state index < -0.39 is 5.60 Å². The number of anilines is 1. The largest absolute Gasteiger partial charge is 0.488 e. The van der Waals surface area contributed by atoms with Gasteiger partial charge in [0, 0.05) is 37.8 Å². The quantitative estimate of drug-likeness (QED) is 0.245. The van der Waals surface area contributed by atoms with Crippen molar-refractivity contribution < 1.29 is 19.0 Å². The number of nitrogens with zero attached hydrogens (tertiary/aromatic N) is 3. The summed E-state index contributed by atoms with van der Waals surface area (Å²) >= 11 is 6.76. The smallest absolute Gasteiger partial charge is 0.410 e. The van der Waals surface area contributed by atoms with Crippen molar-refractivity contribution in [3.05, 3.63) is 95.1 Å². The normalized spacial score (nSPS) is 13.7. The third kappa shape index (κ3) is 7.32. The van der Waals surface area contributed by atoms with Crippen LogP contribution in [0.15, 0.2) is 79.0 Å². The molecule has 4 aromatic rings. The first-order valence-corrected chi connectivity index (χ1v) is 14.1. The van der Waals surface area contributed by atoms with Gasteiger partial charge in [0.1, 0.15) is 30.3 Å². The Balaban J connectivity index is 1.38. The molecule has 1 aliphatic heterocycles. The van der Waals surface area contributed by atoms with E-state index >= 15 is 0 Å². The number of halogens is 1. The van der Waals surface area contributed by atoms with Crippen LogP contribution in [0.1, 0.15) is 31.9 Å². The summed E-state index contributed by atoms with van der Waals surface area (Å²) in [5.41, 5.74) is 4.03. The number of piperazine rings is 1. The van der Waals surface area contributed by atoms with Crippen LogP contribution in [0.4, 0.5) is 10.5 Å². The number of carbonyl (C=O) groups excluding carboxylic acids is 1. The predicted molar refractivity (Wildman–Crippen MR) is 161 cm³/mol. The number of hydrogen-bond donors (Lipinski definition) is 1. The highest BCUT2D eigenvalue weighted by Gasteiger charge is 2.28. The summed E-state index contributed by atoms with van der Waals surface area (Å²) in [7, 11) is 0. The van der Waals surface area contributed by atoms with Crippen molar-refractivity contribution in [3.8, 4) is 22.8 Å². The average Bonchev–Trinajstić information content (AvgIpc) is 3.46. The van der Waals surface area contributed by atoms with Gasteiger partial charge in [-0.15, -0.1) is 0 Å². The van der Waals surface area contributed by atoms with Gasteiger partial charge in [-0.2, -0.15) is 5.10 Å². The van der Waals surface area contributed by atoms with E-state index in [0.29, 0.717) is 55.9 Å². The molecule has 1 fully saturated rings. The van der Waals surface area contributed by atoms with E-state index in [9.17, 15) is 4.79 Å². The van der Waals surface area contributed by atoms with Crippen LogP contribution in [0.3, 0.4) is 0 Å². The molecule has 5 rings (SSSR count). The van der Waals surface area contributed by atoms with Gasteiger partial charge in [-0.1, -0.05) is 72.3 Å². The van der Waals surface area contributed by atoms with Gasteiger partial charge in [0.25, 0.3) is 0 Å². The van der Waals surface area contributed by atoms with Gasteiger partial charge in [0.15, 0.2) is 0 Å². The maximum atomic E-state index is 12.6. The van der Waals surface area contributed by atoms with Crippen molar-refractivity contribution in [1.29, 1.82) is 0 Å². The van der Waals surface area contributed by atoms with E-state index in [2.05, 4.69) is 15.1 Å². The summed E-state index contributed by atoms with van der Waals surface area (Å²) < 4.78 is 18.0. The fraction of sp³-hybridized carbons (Fsp3) is 0.312. The van der Waals surface area contributed by atoms with E-state index in [1.54, 1.807) is 11.1 Å². The summed E-state index contributed by atoms with van der Waals surface area (Å²) in [4.78, 5) is 16.5. The lowest BCUT2D eigenvalue weighted by molar-refractivity contribution is 0.0240. The molecule has 8 nitrogen and oxygen atoms in total. The standard InChI is InChI=1S/C32H35ClN4O4/c1-32(2,3)41-31(38)37-16-14-36(15-17-37)27-20-34-35-30(27)25-18-26(33)29(40-22-24-12-8-5-9-13-24)19-28(25)39-21-23-10-6-4-7-11-23/h4-13,18-20H,14-17,21-22H2,1-3H3,(H,34,35). The monoisotopic (exact) mass is 574 g/mol. The second-order valence-electron chi connectivity index (χ2n) is 10.9. The van der Waals surface area contributed by atoms with Gasteiger partial charge in [0.2, 0.25) is 0 Å². The molecular formula is C32H35ClN4O4. The molecule has 9 heteroatoms. The van der Waals surface area contributed by atoms with Gasteiger partial charge in [-0.05, 0) is 38.0 Å². The van der Waals surface area contributed by atoms with Crippen LogP contribution in [0.25, 0.3) is 11.3 Å². The van der Waals surface area contributed by atoms with Crippen molar-refractivity contribution in [2.75, 3.05) is 31.1 Å². The lowest BCUT2D eigenvalue weighted by Gasteiger charge is -2.36. The zero-order valence-corrected chi connectivity index (χ0v) is 24.4. The van der Waals surface area contributed by atoms with E-state index in [1.807, 2.05) is 93.6 Å². The molecule has 1 aromatic heterocycles. The van der Waals surface area contributed by atoms with Gasteiger partial charge in [-0.25, -0.2) is 4.79 Å². The molecule has 0 radical (unpaired) electrons. The van der Waals surface area contributed by atoms with Crippen molar-refractivity contribution in [2.24, 2.45) is 0 Å². The van der Waals surface area contributed by atoms with Gasteiger partial charge >= 0.3 is 6.09 Å². The Kier molecular flexibility index (Phi) is 8.69. The highest BCUT2D eigenvalue weighted by atomic mass is 35.5. The third-order valence-corrected chi connectivity index (χ3v) is 6.96. The van der Waals surface area contributed by atoms with Crippen LogP contribution in [0.2, 0.25) is 5.02 Å². The number of ether oxygens (including phenoxy) is 3. The van der Waals surface area contributed by atoms with Crippen LogP contribution in [-0.4, -0.2) is 53.0 Å². The molecule has 3 aromatic carbocycles. The Labute approximate surface area is 245 Å². The maximum absolute atomic E-state index is 12.6. The van der Waals surface area contributed by atoms with Gasteiger partial charge < -0.3 is 24.0 Å². The SMILES string of the molecule is CC(C)(C)OC(=O)N1CCN(c2cn[nH]c2-c2cc(Cl)c(OCc3ccccc3)cc2OCc2ccccc2)CC1. The van der Waals surface area contributed by atoms with Crippen LogP contribution in [-0.2, 0) is 18.0 Å². The lowest BCUT2D eigenvalue weighted by Crippen LogP contribution is -2.50. The second kappa shape index (κ2) is 12.6. The summed E-state index contributed by atoms with van der Waals surface area (Å²) in [6.07, 6.45) is 1.51. The first-order valence-electron chi connectivity index (χ1n) is 13.7. The molecule has 0 saturated carbocycles. The van der Waals surface area contributed by atoms with Crippen LogP contribution in [0, 0.1) is 0 Å². The van der Waals surface area contributed by atoms with Crippen LogP contribution >= 0.6 is 11.6 Å². The number of H-pyrrole nitrogens is 1. The number of benzene rings is 3. The van der Waals surface area contributed by atoms with E-state index in [4.69, 9.17) is 25.8 Å². The number of nitrogens with one attached hydrogen (secondary N) is 1. The second-order valence-corrected chi connectivity index (χ2v) is 11.3. The molecule has 0 unspecified atom stereocenters. The van der Waals surface area contributed by atoms with Gasteiger partial charge in [0.05, 0.1) is 22.6 Å². The number of hydrogen-bond acceptors (Lipinski definition) is 6. The predicted octanol–water partition coefficient (Wildman–Crippen LogP) is 6.95. The van der Waals surface area contributed by atoms with E-state index in [0.717, 1.165) is 28.1 Å². The number of aromatic amines is 1. The molecule has 0 aliphatic carbocycles. The Morgan fingerprint density at radius 3 is 2.05 bits per heavy atom. The minimum absolute atomic E-state index is 0.293. The molecule has 1 amide bonds. The fourth-order valence-corrected chi connectivity index (χ4v) is 4.82. The topological polar surface area (TPSA) is 79.9 Å². The van der Waals surface area contributed by atoms with E-state index in [-0.39, 0.29) is 6.09 Å². The Bertz CT molecular complexity index is 1450. The number of rotatable bonds is 8. The molecule has 214 valence electrons.